The molecule has 0 unspecified atom stereocenters. The maximum Gasteiger partial charge on any atom is 0.433 e. The van der Waals surface area contributed by atoms with E-state index in [1.54, 1.807) is 4.90 Å². The van der Waals surface area contributed by atoms with Crippen LogP contribution >= 0.6 is 0 Å². The smallest absolute Gasteiger partial charge is 0.348 e. The molecule has 0 saturated carbocycles. The number of nitrogens with zero attached hydrogens (tertiary/aromatic N) is 5. The summed E-state index contributed by atoms with van der Waals surface area (Å²) in [5.41, 5.74) is -0.685. The van der Waals surface area contributed by atoms with Crippen molar-refractivity contribution in [2.45, 2.75) is 25.1 Å². The first-order valence-corrected chi connectivity index (χ1v) is 7.65. The van der Waals surface area contributed by atoms with E-state index in [1.165, 1.54) is 18.6 Å². The van der Waals surface area contributed by atoms with E-state index in [1.807, 2.05) is 0 Å². The van der Waals surface area contributed by atoms with Crippen LogP contribution in [-0.2, 0) is 6.18 Å². The third kappa shape index (κ3) is 4.20. The number of amides is 1. The van der Waals surface area contributed by atoms with Crippen LogP contribution in [0.15, 0.2) is 30.9 Å². The molecule has 0 aliphatic carbocycles. The van der Waals surface area contributed by atoms with Gasteiger partial charge >= 0.3 is 6.18 Å². The van der Waals surface area contributed by atoms with Crippen molar-refractivity contribution < 1.29 is 18.0 Å². The van der Waals surface area contributed by atoms with Gasteiger partial charge in [0.05, 0.1) is 0 Å². The molecule has 10 heteroatoms. The summed E-state index contributed by atoms with van der Waals surface area (Å²) in [7, 11) is 0. The van der Waals surface area contributed by atoms with Gasteiger partial charge in [-0.15, -0.1) is 0 Å². The SMILES string of the molecule is O=C(NC1CCN(c2nccc(C(F)(F)F)n2)CC1)c1ccncn1. The van der Waals surface area contributed by atoms with Gasteiger partial charge in [0, 0.05) is 31.5 Å². The second-order valence-electron chi connectivity index (χ2n) is 5.57. The van der Waals surface area contributed by atoms with Gasteiger partial charge in [-0.3, -0.25) is 4.79 Å². The fourth-order valence-electron chi connectivity index (χ4n) is 2.57. The molecular weight excluding hydrogens is 337 g/mol. The summed E-state index contributed by atoms with van der Waals surface area (Å²) in [5, 5.41) is 2.87. The second kappa shape index (κ2) is 6.99. The zero-order valence-electron chi connectivity index (χ0n) is 13.1. The largest absolute Gasteiger partial charge is 0.433 e. The van der Waals surface area contributed by atoms with Gasteiger partial charge in [0.15, 0.2) is 0 Å². The minimum absolute atomic E-state index is 0.0513. The van der Waals surface area contributed by atoms with Crippen molar-refractivity contribution >= 4 is 11.9 Å². The fourth-order valence-corrected chi connectivity index (χ4v) is 2.57. The van der Waals surface area contributed by atoms with Crippen LogP contribution in [0, 0.1) is 0 Å². The number of anilines is 1. The van der Waals surface area contributed by atoms with Crippen LogP contribution in [0.4, 0.5) is 19.1 Å². The summed E-state index contributed by atoms with van der Waals surface area (Å²) in [6, 6.07) is 2.28. The highest BCUT2D eigenvalue weighted by molar-refractivity contribution is 5.92. The second-order valence-corrected chi connectivity index (χ2v) is 5.57. The van der Waals surface area contributed by atoms with Crippen molar-refractivity contribution in [2.75, 3.05) is 18.0 Å². The highest BCUT2D eigenvalue weighted by atomic mass is 19.4. The number of carbonyl (C=O) groups excluding carboxylic acids is 1. The molecule has 1 aliphatic heterocycles. The summed E-state index contributed by atoms with van der Waals surface area (Å²) in [6.07, 6.45) is 0.542. The number of nitrogens with one attached hydrogen (secondary N) is 1. The topological polar surface area (TPSA) is 83.9 Å². The lowest BCUT2D eigenvalue weighted by Crippen LogP contribution is -2.45. The summed E-state index contributed by atoms with van der Waals surface area (Å²) in [6.45, 7) is 0.909. The van der Waals surface area contributed by atoms with Gasteiger partial charge in [-0.25, -0.2) is 19.9 Å². The standard InChI is InChI=1S/C15H15F3N6O/c16-15(17,18)12-2-6-20-14(23-12)24-7-3-10(4-8-24)22-13(25)11-1-5-19-9-21-11/h1-2,5-6,9-10H,3-4,7-8H2,(H,22,25). The summed E-state index contributed by atoms with van der Waals surface area (Å²) >= 11 is 0. The van der Waals surface area contributed by atoms with E-state index >= 15 is 0 Å². The van der Waals surface area contributed by atoms with Gasteiger partial charge in [-0.05, 0) is 25.0 Å². The molecule has 2 aromatic heterocycles. The van der Waals surface area contributed by atoms with Gasteiger partial charge in [-0.1, -0.05) is 0 Å². The molecule has 0 atom stereocenters. The number of aromatic nitrogens is 4. The lowest BCUT2D eigenvalue weighted by Gasteiger charge is -2.32. The average Bonchev–Trinajstić information content (AvgIpc) is 2.62. The number of carbonyl (C=O) groups is 1. The highest BCUT2D eigenvalue weighted by Gasteiger charge is 2.33. The summed E-state index contributed by atoms with van der Waals surface area (Å²) in [5.74, 6) is -0.244. The molecule has 0 aromatic carbocycles. The van der Waals surface area contributed by atoms with Crippen LogP contribution in [0.2, 0.25) is 0 Å². The van der Waals surface area contributed by atoms with Gasteiger partial charge in [0.25, 0.3) is 5.91 Å². The van der Waals surface area contributed by atoms with Crippen LogP contribution in [0.25, 0.3) is 0 Å². The molecule has 2 aromatic rings. The Labute approximate surface area is 141 Å². The first-order valence-electron chi connectivity index (χ1n) is 7.65. The van der Waals surface area contributed by atoms with Crippen LogP contribution in [0.5, 0.6) is 0 Å². The average molecular weight is 352 g/mol. The number of halogens is 3. The predicted octanol–water partition coefficient (Wildman–Crippen LogP) is 1.68. The molecule has 1 saturated heterocycles. The van der Waals surface area contributed by atoms with E-state index in [0.717, 1.165) is 12.3 Å². The normalized spacial score (nSPS) is 15.9. The van der Waals surface area contributed by atoms with Crippen LogP contribution in [0.1, 0.15) is 29.0 Å². The van der Waals surface area contributed by atoms with E-state index in [4.69, 9.17) is 0 Å². The molecule has 0 bridgehead atoms. The first-order chi connectivity index (χ1) is 11.9. The molecule has 3 rings (SSSR count). The van der Waals surface area contributed by atoms with Gasteiger partial charge in [0.2, 0.25) is 5.95 Å². The number of piperidine rings is 1. The molecular formula is C15H15F3N6O. The Hall–Kier alpha value is -2.78. The molecule has 1 aliphatic rings. The maximum atomic E-state index is 12.7. The zero-order chi connectivity index (χ0) is 17.9. The first kappa shape index (κ1) is 17.1. The number of hydrogen-bond donors (Lipinski definition) is 1. The van der Waals surface area contributed by atoms with Crippen molar-refractivity contribution in [1.82, 2.24) is 25.3 Å². The van der Waals surface area contributed by atoms with Crippen molar-refractivity contribution in [3.05, 3.63) is 42.2 Å². The van der Waals surface area contributed by atoms with Crippen molar-refractivity contribution in [3.63, 3.8) is 0 Å². The van der Waals surface area contributed by atoms with E-state index in [9.17, 15) is 18.0 Å². The Balaban J connectivity index is 1.58. The molecule has 0 radical (unpaired) electrons. The van der Waals surface area contributed by atoms with Crippen molar-refractivity contribution in [2.24, 2.45) is 0 Å². The number of alkyl halides is 3. The molecule has 3 heterocycles. The monoisotopic (exact) mass is 352 g/mol. The predicted molar refractivity (Wildman–Crippen MR) is 81.8 cm³/mol. The Bertz CT molecular complexity index is 732. The maximum absolute atomic E-state index is 12.7. The van der Waals surface area contributed by atoms with E-state index < -0.39 is 11.9 Å². The molecule has 1 amide bonds. The Morgan fingerprint density at radius 1 is 1.16 bits per heavy atom. The van der Waals surface area contributed by atoms with Gasteiger partial charge in [-0.2, -0.15) is 13.2 Å². The molecule has 7 nitrogen and oxygen atoms in total. The van der Waals surface area contributed by atoms with E-state index in [0.29, 0.717) is 25.9 Å². The molecule has 1 N–H and O–H groups in total. The Morgan fingerprint density at radius 2 is 1.92 bits per heavy atom. The number of rotatable bonds is 3. The minimum Gasteiger partial charge on any atom is -0.348 e. The lowest BCUT2D eigenvalue weighted by atomic mass is 10.1. The fraction of sp³-hybridized carbons (Fsp3) is 0.400. The van der Waals surface area contributed by atoms with Crippen LogP contribution < -0.4 is 10.2 Å². The van der Waals surface area contributed by atoms with Gasteiger partial charge in [0.1, 0.15) is 17.7 Å². The summed E-state index contributed by atoms with van der Waals surface area (Å²) in [4.78, 5) is 28.9. The third-order valence-corrected chi connectivity index (χ3v) is 3.86. The van der Waals surface area contributed by atoms with E-state index in [-0.39, 0.29) is 23.6 Å². The minimum atomic E-state index is -4.50. The van der Waals surface area contributed by atoms with Crippen LogP contribution in [-0.4, -0.2) is 45.0 Å². The quantitative estimate of drug-likeness (QED) is 0.905. The Morgan fingerprint density at radius 3 is 2.56 bits per heavy atom. The Kier molecular flexibility index (Phi) is 4.77. The van der Waals surface area contributed by atoms with Gasteiger partial charge < -0.3 is 10.2 Å². The summed E-state index contributed by atoms with van der Waals surface area (Å²) < 4.78 is 38.2. The highest BCUT2D eigenvalue weighted by Crippen LogP contribution is 2.28. The molecule has 132 valence electrons. The molecule has 0 spiro atoms. The molecule has 25 heavy (non-hydrogen) atoms. The lowest BCUT2D eigenvalue weighted by molar-refractivity contribution is -0.141. The third-order valence-electron chi connectivity index (χ3n) is 3.86. The molecule has 1 fully saturated rings. The zero-order valence-corrected chi connectivity index (χ0v) is 13.1. The van der Waals surface area contributed by atoms with Crippen LogP contribution in [0.3, 0.4) is 0 Å². The van der Waals surface area contributed by atoms with Crippen molar-refractivity contribution in [1.29, 1.82) is 0 Å². The van der Waals surface area contributed by atoms with E-state index in [2.05, 4.69) is 25.3 Å². The number of hydrogen-bond acceptors (Lipinski definition) is 6. The van der Waals surface area contributed by atoms with Crippen molar-refractivity contribution in [3.8, 4) is 0 Å².